The highest BCUT2D eigenvalue weighted by atomic mass is 35.5. The molecule has 24 heavy (non-hydrogen) atoms. The van der Waals surface area contributed by atoms with Gasteiger partial charge in [0.2, 0.25) is 0 Å². The third-order valence-electron chi connectivity index (χ3n) is 4.02. The second kappa shape index (κ2) is 7.47. The molecule has 128 valence electrons. The molecule has 0 unspecified atom stereocenters. The van der Waals surface area contributed by atoms with E-state index in [0.29, 0.717) is 31.1 Å². The first-order chi connectivity index (χ1) is 11.5. The zero-order valence-corrected chi connectivity index (χ0v) is 13.7. The zero-order valence-electron chi connectivity index (χ0n) is 13.0. The molecule has 0 saturated carbocycles. The summed E-state index contributed by atoms with van der Waals surface area (Å²) in [6, 6.07) is 10.6. The summed E-state index contributed by atoms with van der Waals surface area (Å²) in [5.41, 5.74) is 1.07. The van der Waals surface area contributed by atoms with Gasteiger partial charge in [0.1, 0.15) is 29.6 Å². The van der Waals surface area contributed by atoms with Gasteiger partial charge in [-0.15, -0.1) is 0 Å². The van der Waals surface area contributed by atoms with E-state index in [9.17, 15) is 13.9 Å². The Hall–Kier alpha value is -1.69. The van der Waals surface area contributed by atoms with Crippen molar-refractivity contribution in [3.05, 3.63) is 64.7 Å². The highest BCUT2D eigenvalue weighted by Gasteiger charge is 2.29. The fourth-order valence-corrected chi connectivity index (χ4v) is 3.13. The Morgan fingerprint density at radius 1 is 1.17 bits per heavy atom. The van der Waals surface area contributed by atoms with Crippen molar-refractivity contribution in [2.24, 2.45) is 0 Å². The number of aliphatic hydroxyl groups is 1. The molecule has 1 saturated heterocycles. The van der Waals surface area contributed by atoms with E-state index >= 15 is 0 Å². The monoisotopic (exact) mass is 353 g/mol. The van der Waals surface area contributed by atoms with Crippen LogP contribution < -0.4 is 4.74 Å². The molecule has 3 nitrogen and oxygen atoms in total. The van der Waals surface area contributed by atoms with Crippen molar-refractivity contribution in [3.8, 4) is 5.75 Å². The second-order valence-electron chi connectivity index (χ2n) is 5.98. The topological polar surface area (TPSA) is 32.7 Å². The maximum atomic E-state index is 13.2. The molecule has 1 heterocycles. The van der Waals surface area contributed by atoms with E-state index in [-0.39, 0.29) is 5.75 Å². The van der Waals surface area contributed by atoms with Crippen LogP contribution >= 0.6 is 11.6 Å². The lowest BCUT2D eigenvalue weighted by atomic mass is 10.0. The first kappa shape index (κ1) is 17.1. The average molecular weight is 354 g/mol. The van der Waals surface area contributed by atoms with E-state index in [4.69, 9.17) is 16.3 Å². The number of halogens is 3. The highest BCUT2D eigenvalue weighted by Crippen LogP contribution is 2.23. The standard InChI is InChI=1S/C18H18ClF2NO2/c19-13-3-1-2-12(6-13)10-22-5-4-18(17(23)11-22)24-16-8-14(20)7-15(21)9-16/h1-3,6-9,17-18,23H,4-5,10-11H2/t17-,18-/m1/s1. The summed E-state index contributed by atoms with van der Waals surface area (Å²) in [6.07, 6.45) is -0.647. The fraction of sp³-hybridized carbons (Fsp3) is 0.333. The molecule has 1 aliphatic rings. The second-order valence-corrected chi connectivity index (χ2v) is 6.42. The van der Waals surface area contributed by atoms with Crippen molar-refractivity contribution >= 4 is 11.6 Å². The Labute approximate surface area is 144 Å². The number of hydrogen-bond acceptors (Lipinski definition) is 3. The lowest BCUT2D eigenvalue weighted by Crippen LogP contribution is -2.48. The Balaban J connectivity index is 1.59. The van der Waals surface area contributed by atoms with Crippen LogP contribution in [0.3, 0.4) is 0 Å². The highest BCUT2D eigenvalue weighted by molar-refractivity contribution is 6.30. The van der Waals surface area contributed by atoms with Crippen LogP contribution in [0.2, 0.25) is 5.02 Å². The van der Waals surface area contributed by atoms with Crippen molar-refractivity contribution < 1.29 is 18.6 Å². The number of likely N-dealkylation sites (tertiary alicyclic amines) is 1. The molecule has 0 radical (unpaired) electrons. The molecule has 0 aliphatic carbocycles. The van der Waals surface area contributed by atoms with Crippen LogP contribution in [0.1, 0.15) is 12.0 Å². The van der Waals surface area contributed by atoms with Crippen LogP contribution in [0.4, 0.5) is 8.78 Å². The van der Waals surface area contributed by atoms with E-state index in [1.54, 1.807) is 0 Å². The third kappa shape index (κ3) is 4.44. The predicted molar refractivity (Wildman–Crippen MR) is 88.1 cm³/mol. The van der Waals surface area contributed by atoms with Gasteiger partial charge in [-0.3, -0.25) is 4.90 Å². The average Bonchev–Trinajstić information content (AvgIpc) is 2.49. The van der Waals surface area contributed by atoms with E-state index in [0.717, 1.165) is 23.8 Å². The first-order valence-corrected chi connectivity index (χ1v) is 8.15. The summed E-state index contributed by atoms with van der Waals surface area (Å²) < 4.78 is 32.0. The number of benzene rings is 2. The SMILES string of the molecule is O[C@@H]1CN(Cc2cccc(Cl)c2)CC[C@H]1Oc1cc(F)cc(F)c1. The fourth-order valence-electron chi connectivity index (χ4n) is 2.92. The Bertz CT molecular complexity index is 693. The largest absolute Gasteiger partial charge is 0.487 e. The lowest BCUT2D eigenvalue weighted by molar-refractivity contribution is -0.0277. The van der Waals surface area contributed by atoms with Crippen molar-refractivity contribution in [1.29, 1.82) is 0 Å². The van der Waals surface area contributed by atoms with Gasteiger partial charge in [-0.2, -0.15) is 0 Å². The number of nitrogens with zero attached hydrogens (tertiary/aromatic N) is 1. The van der Waals surface area contributed by atoms with Gasteiger partial charge in [-0.25, -0.2) is 8.78 Å². The van der Waals surface area contributed by atoms with E-state index in [1.165, 1.54) is 0 Å². The van der Waals surface area contributed by atoms with Gasteiger partial charge in [-0.1, -0.05) is 23.7 Å². The Morgan fingerprint density at radius 3 is 2.58 bits per heavy atom. The molecule has 2 aromatic carbocycles. The molecule has 6 heteroatoms. The summed E-state index contributed by atoms with van der Waals surface area (Å²) >= 11 is 5.98. The number of rotatable bonds is 4. The summed E-state index contributed by atoms with van der Waals surface area (Å²) in [7, 11) is 0. The van der Waals surface area contributed by atoms with Gasteiger partial charge >= 0.3 is 0 Å². The molecule has 0 spiro atoms. The van der Waals surface area contributed by atoms with Gasteiger partial charge in [0.25, 0.3) is 0 Å². The minimum atomic E-state index is -0.732. The molecule has 0 amide bonds. The van der Waals surface area contributed by atoms with Crippen molar-refractivity contribution in [1.82, 2.24) is 4.90 Å². The number of β-amino-alcohol motifs (C(OH)–C–C–N with tert-alkyl or cyclic N) is 1. The summed E-state index contributed by atoms with van der Waals surface area (Å²) in [4.78, 5) is 2.10. The van der Waals surface area contributed by atoms with E-state index < -0.39 is 23.8 Å². The molecule has 1 N–H and O–H groups in total. The summed E-state index contributed by atoms with van der Waals surface area (Å²) in [5.74, 6) is -1.30. The quantitative estimate of drug-likeness (QED) is 0.911. The van der Waals surface area contributed by atoms with E-state index in [2.05, 4.69) is 4.90 Å². The normalized spacial score (nSPS) is 21.7. The molecule has 0 bridgehead atoms. The number of piperidine rings is 1. The number of hydrogen-bond donors (Lipinski definition) is 1. The van der Waals surface area contributed by atoms with Crippen LogP contribution in [0.15, 0.2) is 42.5 Å². The van der Waals surface area contributed by atoms with Crippen molar-refractivity contribution in [2.75, 3.05) is 13.1 Å². The predicted octanol–water partition coefficient (Wildman–Crippen LogP) is 3.63. The Morgan fingerprint density at radius 2 is 1.92 bits per heavy atom. The molecule has 2 atom stereocenters. The van der Waals surface area contributed by atoms with Crippen LogP contribution in [-0.4, -0.2) is 35.3 Å². The van der Waals surface area contributed by atoms with Crippen molar-refractivity contribution in [2.45, 2.75) is 25.2 Å². The van der Waals surface area contributed by atoms with Gasteiger partial charge < -0.3 is 9.84 Å². The van der Waals surface area contributed by atoms with Crippen LogP contribution in [0.5, 0.6) is 5.75 Å². The molecular weight excluding hydrogens is 336 g/mol. The smallest absolute Gasteiger partial charge is 0.129 e. The number of aliphatic hydroxyl groups excluding tert-OH is 1. The minimum absolute atomic E-state index is 0.0971. The molecule has 0 aromatic heterocycles. The maximum absolute atomic E-state index is 13.2. The lowest BCUT2D eigenvalue weighted by Gasteiger charge is -2.36. The van der Waals surface area contributed by atoms with Crippen LogP contribution in [0.25, 0.3) is 0 Å². The number of ether oxygens (including phenoxy) is 1. The van der Waals surface area contributed by atoms with Crippen LogP contribution in [-0.2, 0) is 6.54 Å². The Kier molecular flexibility index (Phi) is 5.33. The molecular formula is C18H18ClF2NO2. The molecule has 2 aromatic rings. The maximum Gasteiger partial charge on any atom is 0.129 e. The van der Waals surface area contributed by atoms with Gasteiger partial charge in [0.05, 0.1) is 0 Å². The minimum Gasteiger partial charge on any atom is -0.487 e. The van der Waals surface area contributed by atoms with Crippen molar-refractivity contribution in [3.63, 3.8) is 0 Å². The third-order valence-corrected chi connectivity index (χ3v) is 4.26. The van der Waals surface area contributed by atoms with Gasteiger partial charge in [0, 0.05) is 42.9 Å². The molecule has 1 fully saturated rings. The first-order valence-electron chi connectivity index (χ1n) is 7.77. The summed E-state index contributed by atoms with van der Waals surface area (Å²) in [5, 5.41) is 11.0. The molecule has 3 rings (SSSR count). The van der Waals surface area contributed by atoms with Crippen LogP contribution in [0, 0.1) is 11.6 Å². The van der Waals surface area contributed by atoms with Gasteiger partial charge in [0.15, 0.2) is 0 Å². The molecule has 1 aliphatic heterocycles. The van der Waals surface area contributed by atoms with Gasteiger partial charge in [-0.05, 0) is 24.1 Å². The summed E-state index contributed by atoms with van der Waals surface area (Å²) in [6.45, 7) is 1.82. The zero-order chi connectivity index (χ0) is 17.1. The van der Waals surface area contributed by atoms with E-state index in [1.807, 2.05) is 24.3 Å².